The Balaban J connectivity index is 1.63. The molecule has 2 aromatic heterocycles. The molecule has 6 heteroatoms. The second kappa shape index (κ2) is 7.64. The van der Waals surface area contributed by atoms with Crippen LogP contribution in [0.25, 0.3) is 31.7 Å². The number of halogens is 2. The zero-order valence-electron chi connectivity index (χ0n) is 15.2. The van der Waals surface area contributed by atoms with E-state index in [1.165, 1.54) is 4.70 Å². The number of fused-ring (bicyclic) bond motifs is 3. The molecule has 3 nitrogen and oxygen atoms in total. The van der Waals surface area contributed by atoms with Gasteiger partial charge in [0.1, 0.15) is 10.6 Å². The average Bonchev–Trinajstić information content (AvgIpc) is 3.13. The van der Waals surface area contributed by atoms with E-state index in [0.717, 1.165) is 32.5 Å². The maximum Gasteiger partial charge on any atom is 0.163 e. The van der Waals surface area contributed by atoms with Crippen LogP contribution in [0.2, 0.25) is 10.0 Å². The summed E-state index contributed by atoms with van der Waals surface area (Å²) in [6, 6.07) is 24.0. The molecular weight excluding hydrogens is 421 g/mol. The van der Waals surface area contributed by atoms with Crippen molar-refractivity contribution in [2.24, 2.45) is 0 Å². The Morgan fingerprint density at radius 2 is 1.62 bits per heavy atom. The van der Waals surface area contributed by atoms with Crippen LogP contribution in [0.15, 0.2) is 72.8 Å². The summed E-state index contributed by atoms with van der Waals surface area (Å²) in [7, 11) is 0. The number of hydrogen-bond acceptors (Lipinski definition) is 4. The summed E-state index contributed by atoms with van der Waals surface area (Å²) in [6.45, 7) is 0.585. The van der Waals surface area contributed by atoms with Crippen LogP contribution in [0.4, 0.5) is 5.82 Å². The van der Waals surface area contributed by atoms with Gasteiger partial charge in [-0.25, -0.2) is 9.97 Å². The molecular formula is C23H15Cl2N3S. The number of thiophene rings is 1. The van der Waals surface area contributed by atoms with E-state index >= 15 is 0 Å². The molecule has 5 rings (SSSR count). The number of hydrogen-bond donors (Lipinski definition) is 1. The van der Waals surface area contributed by atoms with E-state index in [1.54, 1.807) is 11.3 Å². The van der Waals surface area contributed by atoms with Crippen molar-refractivity contribution in [2.45, 2.75) is 6.54 Å². The van der Waals surface area contributed by atoms with Crippen LogP contribution in [0, 0.1) is 0 Å². The Bertz CT molecular complexity index is 1330. The number of rotatable bonds is 4. The normalized spacial score (nSPS) is 11.2. The van der Waals surface area contributed by atoms with Crippen LogP contribution in [0.1, 0.15) is 5.56 Å². The van der Waals surface area contributed by atoms with Gasteiger partial charge in [-0.3, -0.25) is 0 Å². The predicted octanol–water partition coefficient (Wildman–Crippen LogP) is 7.43. The second-order valence-electron chi connectivity index (χ2n) is 6.64. The predicted molar refractivity (Wildman–Crippen MR) is 124 cm³/mol. The standard InChI is InChI=1S/C23H15Cl2N3S/c24-17-11-10-14(12-18(17)25)13-26-22-20-16-8-4-5-9-19(16)29-23(20)28-21(27-22)15-6-2-1-3-7-15/h1-12H,13H2,(H,26,27,28). The minimum Gasteiger partial charge on any atom is -0.365 e. The van der Waals surface area contributed by atoms with E-state index in [0.29, 0.717) is 22.4 Å². The summed E-state index contributed by atoms with van der Waals surface area (Å²) in [4.78, 5) is 10.7. The molecule has 142 valence electrons. The highest BCUT2D eigenvalue weighted by Gasteiger charge is 2.15. The highest BCUT2D eigenvalue weighted by atomic mass is 35.5. The lowest BCUT2D eigenvalue weighted by atomic mass is 10.1. The van der Waals surface area contributed by atoms with Gasteiger partial charge in [0.2, 0.25) is 0 Å². The Morgan fingerprint density at radius 3 is 2.45 bits per heavy atom. The first-order valence-electron chi connectivity index (χ1n) is 9.11. The van der Waals surface area contributed by atoms with Gasteiger partial charge in [-0.1, -0.05) is 77.8 Å². The second-order valence-corrected chi connectivity index (χ2v) is 8.49. The van der Waals surface area contributed by atoms with Crippen LogP contribution >= 0.6 is 34.5 Å². The summed E-state index contributed by atoms with van der Waals surface area (Å²) >= 11 is 13.9. The fourth-order valence-corrected chi connectivity index (χ4v) is 4.70. The van der Waals surface area contributed by atoms with Crippen molar-refractivity contribution in [1.29, 1.82) is 0 Å². The monoisotopic (exact) mass is 435 g/mol. The molecule has 0 spiro atoms. The minimum atomic E-state index is 0.546. The summed E-state index contributed by atoms with van der Waals surface area (Å²) < 4.78 is 1.19. The first kappa shape index (κ1) is 18.4. The molecule has 0 saturated heterocycles. The molecule has 2 heterocycles. The summed E-state index contributed by atoms with van der Waals surface area (Å²) in [5.74, 6) is 1.53. The van der Waals surface area contributed by atoms with E-state index < -0.39 is 0 Å². The third kappa shape index (κ3) is 3.55. The SMILES string of the molecule is Clc1ccc(CNc2nc(-c3ccccc3)nc3sc4ccccc4c23)cc1Cl. The molecule has 0 saturated carbocycles. The Morgan fingerprint density at radius 1 is 0.828 bits per heavy atom. The third-order valence-electron chi connectivity index (χ3n) is 4.71. The van der Waals surface area contributed by atoms with Crippen molar-refractivity contribution < 1.29 is 0 Å². The van der Waals surface area contributed by atoms with Crippen molar-refractivity contribution in [1.82, 2.24) is 9.97 Å². The molecule has 0 aliphatic rings. The molecule has 0 radical (unpaired) electrons. The lowest BCUT2D eigenvalue weighted by Gasteiger charge is -2.10. The average molecular weight is 436 g/mol. The molecule has 0 amide bonds. The lowest BCUT2D eigenvalue weighted by Crippen LogP contribution is -2.03. The zero-order chi connectivity index (χ0) is 19.8. The highest BCUT2D eigenvalue weighted by molar-refractivity contribution is 7.25. The highest BCUT2D eigenvalue weighted by Crippen LogP contribution is 2.37. The van der Waals surface area contributed by atoms with Gasteiger partial charge in [0, 0.05) is 22.2 Å². The summed E-state index contributed by atoms with van der Waals surface area (Å²) in [5.41, 5.74) is 2.02. The molecule has 0 unspecified atom stereocenters. The van der Waals surface area contributed by atoms with Crippen LogP contribution in [0.3, 0.4) is 0 Å². The molecule has 1 N–H and O–H groups in total. The van der Waals surface area contributed by atoms with Gasteiger partial charge in [-0.2, -0.15) is 0 Å². The first-order valence-corrected chi connectivity index (χ1v) is 10.7. The molecule has 0 fully saturated rings. The molecule has 0 bridgehead atoms. The van der Waals surface area contributed by atoms with Gasteiger partial charge in [0.05, 0.1) is 15.4 Å². The number of nitrogens with one attached hydrogen (secondary N) is 1. The Labute approximate surface area is 182 Å². The largest absolute Gasteiger partial charge is 0.365 e. The molecule has 0 atom stereocenters. The third-order valence-corrected chi connectivity index (χ3v) is 6.52. The topological polar surface area (TPSA) is 37.8 Å². The molecule has 29 heavy (non-hydrogen) atoms. The number of anilines is 1. The van der Waals surface area contributed by atoms with Crippen molar-refractivity contribution in [3.63, 3.8) is 0 Å². The fraction of sp³-hybridized carbons (Fsp3) is 0.0435. The maximum absolute atomic E-state index is 6.17. The van der Waals surface area contributed by atoms with Gasteiger partial charge >= 0.3 is 0 Å². The quantitative estimate of drug-likeness (QED) is 0.318. The Kier molecular flexibility index (Phi) is 4.84. The fourth-order valence-electron chi connectivity index (χ4n) is 3.30. The van der Waals surface area contributed by atoms with Crippen LogP contribution in [-0.4, -0.2) is 9.97 Å². The number of aromatic nitrogens is 2. The van der Waals surface area contributed by atoms with Gasteiger partial charge in [-0.05, 0) is 23.8 Å². The number of nitrogens with zero attached hydrogens (tertiary/aromatic N) is 2. The van der Waals surface area contributed by atoms with E-state index in [1.807, 2.05) is 60.7 Å². The van der Waals surface area contributed by atoms with Crippen LogP contribution in [0.5, 0.6) is 0 Å². The van der Waals surface area contributed by atoms with E-state index in [9.17, 15) is 0 Å². The van der Waals surface area contributed by atoms with Crippen molar-refractivity contribution >= 4 is 60.7 Å². The van der Waals surface area contributed by atoms with Gasteiger partial charge in [-0.15, -0.1) is 11.3 Å². The molecule has 0 aliphatic heterocycles. The molecule has 5 aromatic rings. The maximum atomic E-state index is 6.17. The summed E-state index contributed by atoms with van der Waals surface area (Å²) in [6.07, 6.45) is 0. The van der Waals surface area contributed by atoms with Crippen molar-refractivity contribution in [2.75, 3.05) is 5.32 Å². The van der Waals surface area contributed by atoms with Crippen molar-refractivity contribution in [3.8, 4) is 11.4 Å². The lowest BCUT2D eigenvalue weighted by molar-refractivity contribution is 1.11. The van der Waals surface area contributed by atoms with Gasteiger partial charge in [0.15, 0.2) is 5.82 Å². The van der Waals surface area contributed by atoms with E-state index in [2.05, 4.69) is 17.4 Å². The Hall–Kier alpha value is -2.66. The minimum absolute atomic E-state index is 0.546. The smallest absolute Gasteiger partial charge is 0.163 e. The van der Waals surface area contributed by atoms with E-state index in [4.69, 9.17) is 33.2 Å². The number of benzene rings is 3. The van der Waals surface area contributed by atoms with Gasteiger partial charge < -0.3 is 5.32 Å². The molecule has 3 aromatic carbocycles. The van der Waals surface area contributed by atoms with Crippen molar-refractivity contribution in [3.05, 3.63) is 88.4 Å². The van der Waals surface area contributed by atoms with Crippen LogP contribution in [-0.2, 0) is 6.54 Å². The zero-order valence-corrected chi connectivity index (χ0v) is 17.5. The van der Waals surface area contributed by atoms with Crippen LogP contribution < -0.4 is 5.32 Å². The van der Waals surface area contributed by atoms with E-state index in [-0.39, 0.29) is 0 Å². The summed E-state index contributed by atoms with van der Waals surface area (Å²) in [5, 5.41) is 6.79. The van der Waals surface area contributed by atoms with Gasteiger partial charge in [0.25, 0.3) is 0 Å². The first-order chi connectivity index (χ1) is 14.2. The molecule has 0 aliphatic carbocycles.